The molecule has 1 aromatic carbocycles. The van der Waals surface area contributed by atoms with E-state index in [1.165, 1.54) is 12.1 Å². The maximum absolute atomic E-state index is 12.8. The normalized spacial score (nSPS) is 14.0. The molecule has 0 amide bonds. The number of aromatic nitrogens is 2. The fourth-order valence-electron chi connectivity index (χ4n) is 2.31. The molecule has 21 heavy (non-hydrogen) atoms. The minimum Gasteiger partial charge on any atom is -0.376 e. The average molecular weight is 289 g/mol. The van der Waals surface area contributed by atoms with Crippen LogP contribution in [-0.4, -0.2) is 16.6 Å². The molecule has 0 fully saturated rings. The number of nitrogens with zero attached hydrogens (tertiary/aromatic N) is 1. The number of fused-ring (bicyclic) bond motifs is 1. The molecular formula is C15H16FN3O2. The summed E-state index contributed by atoms with van der Waals surface area (Å²) in [6.45, 7) is 1.98. The van der Waals surface area contributed by atoms with Crippen LogP contribution in [0.2, 0.25) is 0 Å². The summed E-state index contributed by atoms with van der Waals surface area (Å²) in [5.74, 6) is 0.365. The molecule has 110 valence electrons. The number of ether oxygens (including phenoxy) is 1. The van der Waals surface area contributed by atoms with Crippen LogP contribution in [0.25, 0.3) is 0 Å². The zero-order valence-corrected chi connectivity index (χ0v) is 11.5. The largest absolute Gasteiger partial charge is 0.376 e. The molecule has 2 heterocycles. The van der Waals surface area contributed by atoms with Crippen LogP contribution < -0.4 is 10.9 Å². The second-order valence-corrected chi connectivity index (χ2v) is 4.97. The van der Waals surface area contributed by atoms with Gasteiger partial charge in [0.25, 0.3) is 5.56 Å². The van der Waals surface area contributed by atoms with Gasteiger partial charge in [-0.25, -0.2) is 9.37 Å². The number of hydrogen-bond acceptors (Lipinski definition) is 4. The number of hydrogen-bond donors (Lipinski definition) is 2. The van der Waals surface area contributed by atoms with E-state index in [-0.39, 0.29) is 11.4 Å². The van der Waals surface area contributed by atoms with Crippen molar-refractivity contribution in [3.63, 3.8) is 0 Å². The van der Waals surface area contributed by atoms with Crippen molar-refractivity contribution in [2.45, 2.75) is 26.1 Å². The van der Waals surface area contributed by atoms with Gasteiger partial charge in [0.2, 0.25) is 0 Å². The molecule has 0 aliphatic carbocycles. The second-order valence-electron chi connectivity index (χ2n) is 4.97. The lowest BCUT2D eigenvalue weighted by Crippen LogP contribution is -2.27. The van der Waals surface area contributed by atoms with Crippen LogP contribution >= 0.6 is 0 Å². The Morgan fingerprint density at radius 3 is 2.90 bits per heavy atom. The maximum Gasteiger partial charge on any atom is 0.256 e. The van der Waals surface area contributed by atoms with Crippen LogP contribution in [0.4, 0.5) is 4.39 Å². The van der Waals surface area contributed by atoms with E-state index in [1.54, 1.807) is 12.1 Å². The van der Waals surface area contributed by atoms with Crippen LogP contribution in [0.3, 0.4) is 0 Å². The van der Waals surface area contributed by atoms with Gasteiger partial charge in [-0.15, -0.1) is 0 Å². The first-order chi connectivity index (χ1) is 10.2. The molecule has 1 aliphatic rings. The monoisotopic (exact) mass is 289 g/mol. The van der Waals surface area contributed by atoms with Gasteiger partial charge in [0, 0.05) is 13.0 Å². The minimum absolute atomic E-state index is 0.127. The van der Waals surface area contributed by atoms with Crippen LogP contribution in [0.5, 0.6) is 0 Å². The quantitative estimate of drug-likeness (QED) is 0.889. The number of halogens is 1. The molecule has 5 nitrogen and oxygen atoms in total. The molecule has 1 aliphatic heterocycles. The fraction of sp³-hybridized carbons (Fsp3) is 0.333. The summed E-state index contributed by atoms with van der Waals surface area (Å²) in [5, 5.41) is 3.19. The molecule has 0 unspecified atom stereocenters. The number of H-pyrrole nitrogens is 1. The summed E-state index contributed by atoms with van der Waals surface area (Å²) < 4.78 is 18.1. The highest BCUT2D eigenvalue weighted by molar-refractivity contribution is 5.19. The summed E-state index contributed by atoms with van der Waals surface area (Å²) >= 11 is 0. The van der Waals surface area contributed by atoms with E-state index in [0.717, 1.165) is 11.3 Å². The zero-order valence-electron chi connectivity index (χ0n) is 11.5. The maximum atomic E-state index is 12.8. The Kier molecular flexibility index (Phi) is 4.08. The topological polar surface area (TPSA) is 67.0 Å². The van der Waals surface area contributed by atoms with Gasteiger partial charge in [0.05, 0.1) is 31.0 Å². The Morgan fingerprint density at radius 1 is 1.29 bits per heavy atom. The highest BCUT2D eigenvalue weighted by atomic mass is 19.1. The molecule has 2 N–H and O–H groups in total. The predicted molar refractivity (Wildman–Crippen MR) is 75.2 cm³/mol. The van der Waals surface area contributed by atoms with Crippen molar-refractivity contribution in [3.8, 4) is 0 Å². The molecule has 0 bridgehead atoms. The van der Waals surface area contributed by atoms with E-state index in [2.05, 4.69) is 15.3 Å². The van der Waals surface area contributed by atoms with Gasteiger partial charge in [-0.2, -0.15) is 0 Å². The van der Waals surface area contributed by atoms with Crippen molar-refractivity contribution < 1.29 is 9.13 Å². The number of aromatic amines is 1. The summed E-state index contributed by atoms with van der Waals surface area (Å²) in [5.41, 5.74) is 2.30. The Hall–Kier alpha value is -2.05. The van der Waals surface area contributed by atoms with E-state index in [4.69, 9.17) is 4.74 Å². The van der Waals surface area contributed by atoms with Crippen molar-refractivity contribution in [3.05, 3.63) is 63.1 Å². The van der Waals surface area contributed by atoms with E-state index >= 15 is 0 Å². The highest BCUT2D eigenvalue weighted by Crippen LogP contribution is 2.10. The number of nitrogens with one attached hydrogen (secondary N) is 2. The van der Waals surface area contributed by atoms with Crippen LogP contribution in [0, 0.1) is 5.82 Å². The fourth-order valence-corrected chi connectivity index (χ4v) is 2.31. The molecule has 0 radical (unpaired) electrons. The lowest BCUT2D eigenvalue weighted by atomic mass is 10.1. The summed E-state index contributed by atoms with van der Waals surface area (Å²) in [7, 11) is 0. The van der Waals surface area contributed by atoms with Crippen molar-refractivity contribution in [2.75, 3.05) is 6.61 Å². The Morgan fingerprint density at radius 2 is 2.10 bits per heavy atom. The third-order valence-corrected chi connectivity index (χ3v) is 3.41. The van der Waals surface area contributed by atoms with Crippen molar-refractivity contribution >= 4 is 0 Å². The Balaban J connectivity index is 1.64. The van der Waals surface area contributed by atoms with Crippen LogP contribution in [0.15, 0.2) is 29.1 Å². The Labute approximate surface area is 121 Å². The first-order valence-electron chi connectivity index (χ1n) is 6.86. The van der Waals surface area contributed by atoms with E-state index < -0.39 is 0 Å². The summed E-state index contributed by atoms with van der Waals surface area (Å²) in [4.78, 5) is 19.1. The third-order valence-electron chi connectivity index (χ3n) is 3.41. The molecule has 6 heteroatoms. The highest BCUT2D eigenvalue weighted by Gasteiger charge is 2.15. The minimum atomic E-state index is -0.248. The molecule has 1 aromatic heterocycles. The van der Waals surface area contributed by atoms with Crippen LogP contribution in [0.1, 0.15) is 22.6 Å². The molecule has 0 spiro atoms. The predicted octanol–water partition coefficient (Wildman–Crippen LogP) is 1.27. The molecule has 2 aromatic rings. The Bertz CT molecular complexity index is 682. The van der Waals surface area contributed by atoms with Gasteiger partial charge in [0.1, 0.15) is 11.6 Å². The average Bonchev–Trinajstić information content (AvgIpc) is 2.49. The van der Waals surface area contributed by atoms with Crippen LogP contribution in [-0.2, 0) is 30.9 Å². The van der Waals surface area contributed by atoms with Gasteiger partial charge in [-0.05, 0) is 17.7 Å². The van der Waals surface area contributed by atoms with Gasteiger partial charge in [-0.3, -0.25) is 4.79 Å². The number of benzene rings is 1. The van der Waals surface area contributed by atoms with Gasteiger partial charge in [-0.1, -0.05) is 12.1 Å². The van der Waals surface area contributed by atoms with Crippen molar-refractivity contribution in [2.24, 2.45) is 0 Å². The van der Waals surface area contributed by atoms with Gasteiger partial charge in [0.15, 0.2) is 0 Å². The lowest BCUT2D eigenvalue weighted by Gasteiger charge is -2.15. The molecule has 0 saturated heterocycles. The molecule has 3 rings (SSSR count). The molecule has 0 saturated carbocycles. The lowest BCUT2D eigenvalue weighted by molar-refractivity contribution is 0.108. The molecular weight excluding hydrogens is 273 g/mol. The van der Waals surface area contributed by atoms with Gasteiger partial charge < -0.3 is 15.0 Å². The standard InChI is InChI=1S/C15H16FN3O2/c16-11-3-1-10(2-4-11)7-17-8-14-18-13-5-6-21-9-12(13)15(20)19-14/h1-4,17H,5-9H2,(H,18,19,20). The number of rotatable bonds is 4. The zero-order chi connectivity index (χ0) is 14.7. The second kappa shape index (κ2) is 6.15. The van der Waals surface area contributed by atoms with E-state index in [1.807, 2.05) is 0 Å². The summed E-state index contributed by atoms with van der Waals surface area (Å²) in [6.07, 6.45) is 0.671. The first kappa shape index (κ1) is 13.9. The third kappa shape index (κ3) is 3.34. The van der Waals surface area contributed by atoms with Crippen molar-refractivity contribution in [1.82, 2.24) is 15.3 Å². The van der Waals surface area contributed by atoms with E-state index in [9.17, 15) is 9.18 Å². The smallest absolute Gasteiger partial charge is 0.256 e. The van der Waals surface area contributed by atoms with Gasteiger partial charge >= 0.3 is 0 Å². The first-order valence-corrected chi connectivity index (χ1v) is 6.86. The molecule has 0 atom stereocenters. The van der Waals surface area contributed by atoms with E-state index in [0.29, 0.717) is 44.1 Å². The summed E-state index contributed by atoms with van der Waals surface area (Å²) in [6, 6.07) is 6.30. The van der Waals surface area contributed by atoms with Crippen molar-refractivity contribution in [1.29, 1.82) is 0 Å². The SMILES string of the molecule is O=c1[nH]c(CNCc2ccc(F)cc2)nc2c1COCC2.